The molecule has 100 valence electrons. The van der Waals surface area contributed by atoms with E-state index in [1.165, 1.54) is 0 Å². The maximum atomic E-state index is 5.86. The number of benzene rings is 2. The van der Waals surface area contributed by atoms with Crippen molar-refractivity contribution < 1.29 is 9.47 Å². The largest absolute Gasteiger partial charge is 0.492 e. The van der Waals surface area contributed by atoms with Crippen molar-refractivity contribution in [1.82, 2.24) is 0 Å². The molecular formula is C14H16N2O2S. The lowest BCUT2D eigenvalue weighted by molar-refractivity contribution is 0.349. The van der Waals surface area contributed by atoms with Gasteiger partial charge in [0.15, 0.2) is 11.5 Å². The Morgan fingerprint density at radius 3 is 2.05 bits per heavy atom. The van der Waals surface area contributed by atoms with Crippen LogP contribution in [0.4, 0.5) is 11.4 Å². The zero-order valence-electron chi connectivity index (χ0n) is 10.8. The molecule has 0 saturated carbocycles. The van der Waals surface area contributed by atoms with Crippen LogP contribution >= 0.6 is 11.8 Å². The predicted octanol–water partition coefficient (Wildman–Crippen LogP) is 3.02. The maximum Gasteiger partial charge on any atom is 0.184 e. The van der Waals surface area contributed by atoms with Crippen LogP contribution in [0.3, 0.4) is 0 Å². The Labute approximate surface area is 116 Å². The van der Waals surface area contributed by atoms with E-state index in [4.69, 9.17) is 20.9 Å². The van der Waals surface area contributed by atoms with Gasteiger partial charge < -0.3 is 20.9 Å². The fraction of sp³-hybridized carbons (Fsp3) is 0.143. The van der Waals surface area contributed by atoms with Crippen molar-refractivity contribution in [2.75, 3.05) is 25.7 Å². The second kappa shape index (κ2) is 5.75. The third-order valence-corrected chi connectivity index (χ3v) is 3.67. The van der Waals surface area contributed by atoms with E-state index in [0.29, 0.717) is 17.2 Å². The van der Waals surface area contributed by atoms with Crippen molar-refractivity contribution >= 4 is 23.1 Å². The minimum absolute atomic E-state index is 0.556. The summed E-state index contributed by atoms with van der Waals surface area (Å²) >= 11 is 1.57. The smallest absolute Gasteiger partial charge is 0.184 e. The van der Waals surface area contributed by atoms with Crippen molar-refractivity contribution in [3.05, 3.63) is 36.4 Å². The molecular weight excluding hydrogens is 260 g/mol. The normalized spacial score (nSPS) is 10.2. The van der Waals surface area contributed by atoms with Gasteiger partial charge in [0, 0.05) is 10.6 Å². The first-order valence-corrected chi connectivity index (χ1v) is 6.51. The summed E-state index contributed by atoms with van der Waals surface area (Å²) in [4.78, 5) is 2.01. The van der Waals surface area contributed by atoms with Gasteiger partial charge in [-0.05, 0) is 36.4 Å². The van der Waals surface area contributed by atoms with Crippen LogP contribution in [0, 0.1) is 0 Å². The van der Waals surface area contributed by atoms with Gasteiger partial charge in [-0.2, -0.15) is 0 Å². The van der Waals surface area contributed by atoms with Crippen molar-refractivity contribution in [3.8, 4) is 11.5 Å². The number of ether oxygens (including phenoxy) is 2. The van der Waals surface area contributed by atoms with Gasteiger partial charge in [0.2, 0.25) is 0 Å². The number of nitrogens with two attached hydrogens (primary N) is 2. The Morgan fingerprint density at radius 1 is 0.842 bits per heavy atom. The molecule has 0 fully saturated rings. The Bertz CT molecular complexity index is 570. The summed E-state index contributed by atoms with van der Waals surface area (Å²) in [5.41, 5.74) is 12.8. The molecule has 0 unspecified atom stereocenters. The summed E-state index contributed by atoms with van der Waals surface area (Å²) in [6.07, 6.45) is 0. The van der Waals surface area contributed by atoms with Crippen LogP contribution < -0.4 is 20.9 Å². The summed E-state index contributed by atoms with van der Waals surface area (Å²) in [6.45, 7) is 0. The summed E-state index contributed by atoms with van der Waals surface area (Å²) in [7, 11) is 3.18. The van der Waals surface area contributed by atoms with Gasteiger partial charge in [0.1, 0.15) is 0 Å². The number of anilines is 2. The van der Waals surface area contributed by atoms with Crippen LogP contribution in [0.1, 0.15) is 0 Å². The number of nitrogen functional groups attached to an aromatic ring is 2. The van der Waals surface area contributed by atoms with Crippen molar-refractivity contribution in [2.24, 2.45) is 0 Å². The Morgan fingerprint density at radius 2 is 1.47 bits per heavy atom. The maximum absolute atomic E-state index is 5.86. The summed E-state index contributed by atoms with van der Waals surface area (Å²) in [6, 6.07) is 11.4. The van der Waals surface area contributed by atoms with Crippen molar-refractivity contribution in [3.63, 3.8) is 0 Å². The molecule has 0 aromatic heterocycles. The quantitative estimate of drug-likeness (QED) is 0.840. The van der Waals surface area contributed by atoms with E-state index in [1.807, 2.05) is 30.3 Å². The van der Waals surface area contributed by atoms with Crippen molar-refractivity contribution in [2.45, 2.75) is 9.79 Å². The highest BCUT2D eigenvalue weighted by atomic mass is 32.2. The summed E-state index contributed by atoms with van der Waals surface area (Å²) in [5, 5.41) is 0. The second-order valence-electron chi connectivity index (χ2n) is 3.89. The molecule has 0 amide bonds. The molecule has 0 aliphatic carbocycles. The number of hydrogen-bond donors (Lipinski definition) is 2. The summed E-state index contributed by atoms with van der Waals surface area (Å²) < 4.78 is 10.7. The first-order valence-electron chi connectivity index (χ1n) is 5.69. The predicted molar refractivity (Wildman–Crippen MR) is 78.9 cm³/mol. The molecule has 0 saturated heterocycles. The van der Waals surface area contributed by atoms with Crippen LogP contribution in [0.25, 0.3) is 0 Å². The first kappa shape index (κ1) is 13.4. The van der Waals surface area contributed by atoms with Gasteiger partial charge in [-0.3, -0.25) is 0 Å². The van der Waals surface area contributed by atoms with Gasteiger partial charge in [-0.15, -0.1) is 0 Å². The van der Waals surface area contributed by atoms with E-state index in [0.717, 1.165) is 15.5 Å². The van der Waals surface area contributed by atoms with Gasteiger partial charge in [-0.1, -0.05) is 11.8 Å². The van der Waals surface area contributed by atoms with E-state index in [1.54, 1.807) is 32.0 Å². The van der Waals surface area contributed by atoms with Crippen LogP contribution in [0.2, 0.25) is 0 Å². The molecule has 0 spiro atoms. The molecule has 4 nitrogen and oxygen atoms in total. The molecule has 0 aliphatic heterocycles. The molecule has 2 aromatic carbocycles. The Balaban J connectivity index is 2.37. The van der Waals surface area contributed by atoms with E-state index >= 15 is 0 Å². The molecule has 5 heteroatoms. The molecule has 0 bridgehead atoms. The first-order chi connectivity index (χ1) is 9.15. The summed E-state index contributed by atoms with van der Waals surface area (Å²) in [5.74, 6) is 1.20. The highest BCUT2D eigenvalue weighted by molar-refractivity contribution is 7.99. The molecule has 2 rings (SSSR count). The lowest BCUT2D eigenvalue weighted by Gasteiger charge is -2.14. The topological polar surface area (TPSA) is 70.5 Å². The van der Waals surface area contributed by atoms with Gasteiger partial charge in [0.25, 0.3) is 0 Å². The van der Waals surface area contributed by atoms with Gasteiger partial charge in [-0.25, -0.2) is 0 Å². The van der Waals surface area contributed by atoms with Crippen molar-refractivity contribution in [1.29, 1.82) is 0 Å². The fourth-order valence-corrected chi connectivity index (χ4v) is 2.64. The van der Waals surface area contributed by atoms with E-state index < -0.39 is 0 Å². The number of hydrogen-bond acceptors (Lipinski definition) is 5. The van der Waals surface area contributed by atoms with Crippen LogP contribution in [-0.4, -0.2) is 14.2 Å². The molecule has 2 aromatic rings. The monoisotopic (exact) mass is 276 g/mol. The van der Waals surface area contributed by atoms with Gasteiger partial charge >= 0.3 is 0 Å². The number of methoxy groups -OCH3 is 2. The van der Waals surface area contributed by atoms with Gasteiger partial charge in [0.05, 0.1) is 24.8 Å². The molecule has 0 radical (unpaired) electrons. The SMILES string of the molecule is COc1c(N)ccc(Sc2ccc(N)cc2)c1OC. The average molecular weight is 276 g/mol. The molecule has 0 heterocycles. The molecule has 0 atom stereocenters. The number of rotatable bonds is 4. The zero-order valence-corrected chi connectivity index (χ0v) is 11.7. The van der Waals surface area contributed by atoms with Crippen LogP contribution in [0.15, 0.2) is 46.2 Å². The lowest BCUT2D eigenvalue weighted by atomic mass is 10.3. The highest BCUT2D eigenvalue weighted by Gasteiger charge is 2.14. The minimum Gasteiger partial charge on any atom is -0.492 e. The Hall–Kier alpha value is -2.01. The third-order valence-electron chi connectivity index (χ3n) is 2.62. The average Bonchev–Trinajstić information content (AvgIpc) is 2.42. The minimum atomic E-state index is 0.556. The highest BCUT2D eigenvalue weighted by Crippen LogP contribution is 2.43. The lowest BCUT2D eigenvalue weighted by Crippen LogP contribution is -1.97. The van der Waals surface area contributed by atoms with Crippen LogP contribution in [0.5, 0.6) is 11.5 Å². The zero-order chi connectivity index (χ0) is 13.8. The second-order valence-corrected chi connectivity index (χ2v) is 5.01. The van der Waals surface area contributed by atoms with E-state index in [-0.39, 0.29) is 0 Å². The standard InChI is InChI=1S/C14H16N2O2S/c1-17-13-11(16)7-8-12(14(13)18-2)19-10-5-3-9(15)4-6-10/h3-8H,15-16H2,1-2H3. The fourth-order valence-electron chi connectivity index (χ4n) is 1.71. The molecule has 19 heavy (non-hydrogen) atoms. The third kappa shape index (κ3) is 2.88. The van der Waals surface area contributed by atoms with Crippen LogP contribution in [-0.2, 0) is 0 Å². The van der Waals surface area contributed by atoms with E-state index in [2.05, 4.69) is 0 Å². The molecule has 0 aliphatic rings. The molecule has 4 N–H and O–H groups in total. The van der Waals surface area contributed by atoms with E-state index in [9.17, 15) is 0 Å². The Kier molecular flexibility index (Phi) is 4.06.